The van der Waals surface area contributed by atoms with E-state index in [0.717, 1.165) is 6.42 Å². The molecular formula is C17H24N4O3. The van der Waals surface area contributed by atoms with Crippen molar-refractivity contribution in [2.24, 2.45) is 5.11 Å². The molecule has 2 rings (SSSR count). The Hall–Kier alpha value is -2.08. The number of hydrogen-bond acceptors (Lipinski definition) is 5. The highest BCUT2D eigenvalue weighted by Gasteiger charge is 2.33. The molecule has 0 saturated carbocycles. The first kappa shape index (κ1) is 18.3. The van der Waals surface area contributed by atoms with Crippen molar-refractivity contribution in [2.45, 2.75) is 51.2 Å². The van der Waals surface area contributed by atoms with E-state index >= 15 is 0 Å². The van der Waals surface area contributed by atoms with Gasteiger partial charge in [0.25, 0.3) is 0 Å². The molecule has 130 valence electrons. The van der Waals surface area contributed by atoms with E-state index in [1.807, 2.05) is 25.2 Å². The third kappa shape index (κ3) is 4.96. The third-order valence-electron chi connectivity index (χ3n) is 4.34. The van der Waals surface area contributed by atoms with Crippen molar-refractivity contribution in [1.82, 2.24) is 4.90 Å². The zero-order valence-electron chi connectivity index (χ0n) is 14.3. The molecule has 1 aromatic rings. The molecule has 0 amide bonds. The summed E-state index contributed by atoms with van der Waals surface area (Å²) in [6.45, 7) is 4.17. The SMILES string of the molecule is CC(=O)O[C@@H]1O[C@@H](CN(C)[C@@H](C)c2ccccc2)CC[C@@H]1N=[N+]=[N-]. The van der Waals surface area contributed by atoms with Crippen LogP contribution in [0.3, 0.4) is 0 Å². The molecule has 1 saturated heterocycles. The fourth-order valence-electron chi connectivity index (χ4n) is 2.89. The minimum absolute atomic E-state index is 0.0735. The van der Waals surface area contributed by atoms with E-state index in [9.17, 15) is 4.79 Å². The Morgan fingerprint density at radius 1 is 1.46 bits per heavy atom. The molecule has 7 heteroatoms. The van der Waals surface area contributed by atoms with Crippen LogP contribution in [0.4, 0.5) is 0 Å². The summed E-state index contributed by atoms with van der Waals surface area (Å²) in [6, 6.07) is 10.0. The molecule has 0 radical (unpaired) electrons. The molecule has 0 bridgehead atoms. The lowest BCUT2D eigenvalue weighted by molar-refractivity contribution is -0.208. The first-order chi connectivity index (χ1) is 11.5. The Morgan fingerprint density at radius 2 is 2.17 bits per heavy atom. The third-order valence-corrected chi connectivity index (χ3v) is 4.34. The second-order valence-electron chi connectivity index (χ2n) is 6.11. The molecule has 1 heterocycles. The highest BCUT2D eigenvalue weighted by Crippen LogP contribution is 2.26. The van der Waals surface area contributed by atoms with Gasteiger partial charge < -0.3 is 9.47 Å². The first-order valence-corrected chi connectivity index (χ1v) is 8.13. The minimum atomic E-state index is -0.808. The Labute approximate surface area is 142 Å². The summed E-state index contributed by atoms with van der Waals surface area (Å²) >= 11 is 0. The highest BCUT2D eigenvalue weighted by atomic mass is 16.7. The van der Waals surface area contributed by atoms with Crippen molar-refractivity contribution in [3.8, 4) is 0 Å². The number of benzene rings is 1. The van der Waals surface area contributed by atoms with E-state index in [4.69, 9.17) is 15.0 Å². The van der Waals surface area contributed by atoms with Crippen LogP contribution in [0, 0.1) is 0 Å². The Kier molecular flexibility index (Phi) is 6.61. The molecule has 1 aromatic carbocycles. The molecular weight excluding hydrogens is 308 g/mol. The van der Waals surface area contributed by atoms with Gasteiger partial charge in [0.1, 0.15) is 6.04 Å². The predicted octanol–water partition coefficient (Wildman–Crippen LogP) is 3.43. The largest absolute Gasteiger partial charge is 0.435 e. The van der Waals surface area contributed by atoms with E-state index in [2.05, 4.69) is 34.0 Å². The number of carbonyl (C=O) groups excluding carboxylic acids is 1. The summed E-state index contributed by atoms with van der Waals surface area (Å²) in [5, 5.41) is 3.68. The fraction of sp³-hybridized carbons (Fsp3) is 0.588. The summed E-state index contributed by atoms with van der Waals surface area (Å²) in [7, 11) is 2.04. The lowest BCUT2D eigenvalue weighted by atomic mass is 10.0. The van der Waals surface area contributed by atoms with Gasteiger partial charge in [0.05, 0.1) is 6.10 Å². The molecule has 0 unspecified atom stereocenters. The van der Waals surface area contributed by atoms with Gasteiger partial charge in [-0.3, -0.25) is 9.69 Å². The van der Waals surface area contributed by atoms with Crippen molar-refractivity contribution in [1.29, 1.82) is 0 Å². The van der Waals surface area contributed by atoms with Crippen LogP contribution in [0.1, 0.15) is 38.3 Å². The van der Waals surface area contributed by atoms with E-state index < -0.39 is 18.3 Å². The van der Waals surface area contributed by atoms with Crippen LogP contribution in [-0.2, 0) is 14.3 Å². The molecule has 0 aliphatic carbocycles. The molecule has 1 aliphatic rings. The molecule has 1 aliphatic heterocycles. The normalized spacial score (nSPS) is 24.9. The van der Waals surface area contributed by atoms with Crippen LogP contribution in [0.5, 0.6) is 0 Å². The Morgan fingerprint density at radius 3 is 2.79 bits per heavy atom. The summed E-state index contributed by atoms with van der Waals surface area (Å²) in [5.74, 6) is -0.440. The van der Waals surface area contributed by atoms with E-state index in [0.29, 0.717) is 13.0 Å². The van der Waals surface area contributed by atoms with Crippen LogP contribution < -0.4 is 0 Å². The minimum Gasteiger partial charge on any atom is -0.435 e. The summed E-state index contributed by atoms with van der Waals surface area (Å²) in [5.41, 5.74) is 9.87. The van der Waals surface area contributed by atoms with Crippen molar-refractivity contribution >= 4 is 5.97 Å². The van der Waals surface area contributed by atoms with Crippen molar-refractivity contribution in [2.75, 3.05) is 13.6 Å². The zero-order valence-corrected chi connectivity index (χ0v) is 14.3. The van der Waals surface area contributed by atoms with Gasteiger partial charge in [0, 0.05) is 24.4 Å². The van der Waals surface area contributed by atoms with Gasteiger partial charge in [-0.05, 0) is 37.9 Å². The van der Waals surface area contributed by atoms with Gasteiger partial charge in [0.15, 0.2) is 0 Å². The average Bonchev–Trinajstić information content (AvgIpc) is 2.57. The second kappa shape index (κ2) is 8.68. The smallest absolute Gasteiger partial charge is 0.304 e. The molecule has 0 N–H and O–H groups in total. The molecule has 24 heavy (non-hydrogen) atoms. The lowest BCUT2D eigenvalue weighted by Gasteiger charge is -2.36. The number of rotatable bonds is 6. The summed E-state index contributed by atoms with van der Waals surface area (Å²) in [4.78, 5) is 16.3. The summed E-state index contributed by atoms with van der Waals surface area (Å²) < 4.78 is 11.0. The average molecular weight is 332 g/mol. The molecule has 0 spiro atoms. The standard InChI is InChI=1S/C17H24N4O3/c1-12(14-7-5-4-6-8-14)21(3)11-15-9-10-16(19-20-18)17(24-15)23-13(2)22/h4-8,12,15-17H,9-11H2,1-3H3/t12-,15+,16-,17+/m0/s1. The van der Waals surface area contributed by atoms with E-state index in [-0.39, 0.29) is 12.1 Å². The van der Waals surface area contributed by atoms with Gasteiger partial charge in [0.2, 0.25) is 6.29 Å². The van der Waals surface area contributed by atoms with Gasteiger partial charge in [-0.2, -0.15) is 0 Å². The maximum atomic E-state index is 11.2. The Bertz CT molecular complexity index is 589. The predicted molar refractivity (Wildman–Crippen MR) is 90.1 cm³/mol. The van der Waals surface area contributed by atoms with Gasteiger partial charge in [-0.25, -0.2) is 0 Å². The number of nitrogens with zero attached hydrogens (tertiary/aromatic N) is 4. The lowest BCUT2D eigenvalue weighted by Crippen LogP contribution is -2.44. The monoisotopic (exact) mass is 332 g/mol. The number of ether oxygens (including phenoxy) is 2. The van der Waals surface area contributed by atoms with Crippen molar-refractivity contribution < 1.29 is 14.3 Å². The highest BCUT2D eigenvalue weighted by molar-refractivity contribution is 5.66. The van der Waals surface area contributed by atoms with E-state index in [1.165, 1.54) is 12.5 Å². The van der Waals surface area contributed by atoms with Crippen LogP contribution in [0.25, 0.3) is 10.4 Å². The zero-order chi connectivity index (χ0) is 17.5. The van der Waals surface area contributed by atoms with Crippen LogP contribution in [0.15, 0.2) is 35.4 Å². The quantitative estimate of drug-likeness (QED) is 0.345. The first-order valence-electron chi connectivity index (χ1n) is 8.13. The van der Waals surface area contributed by atoms with E-state index in [1.54, 1.807) is 0 Å². The maximum absolute atomic E-state index is 11.2. The second-order valence-corrected chi connectivity index (χ2v) is 6.11. The van der Waals surface area contributed by atoms with Crippen LogP contribution >= 0.6 is 0 Å². The molecule has 1 fully saturated rings. The number of azide groups is 1. The van der Waals surface area contributed by atoms with Gasteiger partial charge >= 0.3 is 5.97 Å². The van der Waals surface area contributed by atoms with Crippen LogP contribution in [0.2, 0.25) is 0 Å². The Balaban J connectivity index is 1.97. The molecule has 0 aromatic heterocycles. The van der Waals surface area contributed by atoms with Crippen molar-refractivity contribution in [3.63, 3.8) is 0 Å². The molecule has 4 atom stereocenters. The van der Waals surface area contributed by atoms with Crippen molar-refractivity contribution in [3.05, 3.63) is 46.3 Å². The fourth-order valence-corrected chi connectivity index (χ4v) is 2.89. The van der Waals surface area contributed by atoms with Crippen LogP contribution in [-0.4, -0.2) is 42.9 Å². The number of likely N-dealkylation sites (N-methyl/N-ethyl adjacent to an activating group) is 1. The topological polar surface area (TPSA) is 87.5 Å². The van der Waals surface area contributed by atoms with Gasteiger partial charge in [-0.15, -0.1) is 0 Å². The number of esters is 1. The maximum Gasteiger partial charge on any atom is 0.304 e. The molecule has 7 nitrogen and oxygen atoms in total. The van der Waals surface area contributed by atoms with Gasteiger partial charge in [-0.1, -0.05) is 35.4 Å². The summed E-state index contributed by atoms with van der Waals surface area (Å²) in [6.07, 6.45) is 0.515. The number of carbonyl (C=O) groups is 1. The number of hydrogen-bond donors (Lipinski definition) is 0.